The number of carbonyl (C=O) groups is 4. The molecule has 0 amide bonds. The van der Waals surface area contributed by atoms with E-state index < -0.39 is 53.2 Å². The van der Waals surface area contributed by atoms with Gasteiger partial charge in [-0.05, 0) is 24.3 Å². The minimum absolute atomic E-state index is 0. The van der Waals surface area contributed by atoms with Gasteiger partial charge in [-0.3, -0.25) is 19.2 Å². The molecule has 0 spiro atoms. The van der Waals surface area contributed by atoms with Crippen LogP contribution in [0, 0.1) is 0 Å². The van der Waals surface area contributed by atoms with Crippen LogP contribution < -0.4 is 0 Å². The fourth-order valence-electron chi connectivity index (χ4n) is 1.37. The summed E-state index contributed by atoms with van der Waals surface area (Å²) in [6, 6.07) is 0. The second-order valence-electron chi connectivity index (χ2n) is 4.13. The van der Waals surface area contributed by atoms with E-state index in [9.17, 15) is 45.1 Å². The van der Waals surface area contributed by atoms with Gasteiger partial charge in [0.2, 0.25) is 0 Å². The zero-order valence-electron chi connectivity index (χ0n) is 12.1. The Bertz CT molecular complexity index is 881. The molecule has 0 radical (unpaired) electrons. The Morgan fingerprint density at radius 1 is 0.600 bits per heavy atom. The number of allylic oxidation sites excluding steroid dienone is 8. The average Bonchev–Trinajstić information content (AvgIpc) is 2.42. The van der Waals surface area contributed by atoms with Crippen molar-refractivity contribution >= 4 is 81.1 Å². The predicted octanol–water partition coefficient (Wildman–Crippen LogP) is -2.13. The van der Waals surface area contributed by atoms with Crippen LogP contribution in [0.2, 0.25) is 0 Å². The Balaban J connectivity index is 0.000000443. The summed E-state index contributed by atoms with van der Waals surface area (Å²) in [6.07, 6.45) is 4.35. The van der Waals surface area contributed by atoms with Crippen molar-refractivity contribution in [2.24, 2.45) is 0 Å². The molecular formula is C12H6CaO10S2. The number of carbonyl (C=O) groups excluding carboxylic acids is 4. The van der Waals surface area contributed by atoms with Crippen LogP contribution in [0.15, 0.2) is 46.3 Å². The smallest absolute Gasteiger partial charge is 0.744 e. The Morgan fingerprint density at radius 3 is 1.08 bits per heavy atom. The van der Waals surface area contributed by atoms with Gasteiger partial charge in [0, 0.05) is 12.2 Å². The number of rotatable bonds is 2. The minimum Gasteiger partial charge on any atom is -0.744 e. The molecule has 2 aliphatic rings. The van der Waals surface area contributed by atoms with Crippen LogP contribution in [0.25, 0.3) is 0 Å². The quantitative estimate of drug-likeness (QED) is 0.275. The van der Waals surface area contributed by atoms with E-state index in [2.05, 4.69) is 0 Å². The summed E-state index contributed by atoms with van der Waals surface area (Å²) in [7, 11) is -9.64. The maximum absolute atomic E-state index is 10.7. The molecule has 0 heterocycles. The molecule has 10 nitrogen and oxygen atoms in total. The van der Waals surface area contributed by atoms with Gasteiger partial charge in [-0.1, -0.05) is 0 Å². The van der Waals surface area contributed by atoms with Crippen LogP contribution in [0.3, 0.4) is 0 Å². The second-order valence-corrected chi connectivity index (χ2v) is 6.82. The summed E-state index contributed by atoms with van der Waals surface area (Å²) in [4.78, 5) is 40.5. The molecule has 2 rings (SSSR count). The fourth-order valence-corrected chi connectivity index (χ4v) is 2.52. The molecule has 2 aliphatic carbocycles. The summed E-state index contributed by atoms with van der Waals surface area (Å²) in [5.41, 5.74) is 0. The van der Waals surface area contributed by atoms with Gasteiger partial charge in [0.05, 0.1) is 0 Å². The topological polar surface area (TPSA) is 183 Å². The van der Waals surface area contributed by atoms with Crippen LogP contribution in [0.4, 0.5) is 0 Å². The molecule has 25 heavy (non-hydrogen) atoms. The number of hydrogen-bond acceptors (Lipinski definition) is 10. The number of ketones is 4. The first-order valence-electron chi connectivity index (χ1n) is 5.70. The second kappa shape index (κ2) is 8.89. The van der Waals surface area contributed by atoms with E-state index in [4.69, 9.17) is 0 Å². The van der Waals surface area contributed by atoms with Crippen molar-refractivity contribution in [3.8, 4) is 0 Å². The zero-order valence-corrected chi connectivity index (χ0v) is 15.9. The van der Waals surface area contributed by atoms with Gasteiger partial charge in [-0.25, -0.2) is 16.8 Å². The average molecular weight is 414 g/mol. The first kappa shape index (κ1) is 23.7. The van der Waals surface area contributed by atoms with Crippen LogP contribution in [0.1, 0.15) is 0 Å². The maximum atomic E-state index is 10.7. The van der Waals surface area contributed by atoms with Crippen molar-refractivity contribution in [2.45, 2.75) is 0 Å². The number of hydrogen-bond donors (Lipinski definition) is 0. The molecule has 0 N–H and O–H groups in total. The van der Waals surface area contributed by atoms with Gasteiger partial charge in [0.1, 0.15) is 30.0 Å². The summed E-state index contributed by atoms with van der Waals surface area (Å²) in [6.45, 7) is 0. The summed E-state index contributed by atoms with van der Waals surface area (Å²) < 4.78 is 61.9. The minimum atomic E-state index is -4.82. The molecule has 0 atom stereocenters. The van der Waals surface area contributed by atoms with Crippen LogP contribution in [0.5, 0.6) is 0 Å². The molecule has 0 aromatic rings. The molecule has 0 fully saturated rings. The summed E-state index contributed by atoms with van der Waals surface area (Å²) >= 11 is 0. The van der Waals surface area contributed by atoms with Gasteiger partial charge >= 0.3 is 37.7 Å². The van der Waals surface area contributed by atoms with E-state index in [1.165, 1.54) is 0 Å². The van der Waals surface area contributed by atoms with Crippen molar-refractivity contribution in [3.63, 3.8) is 0 Å². The van der Waals surface area contributed by atoms with Gasteiger partial charge in [-0.2, -0.15) is 0 Å². The first-order chi connectivity index (χ1) is 10.8. The van der Waals surface area contributed by atoms with Gasteiger partial charge in [0.15, 0.2) is 23.1 Å². The SMILES string of the molecule is O=C1C=CC(=O)C(S(=O)(=O)[O-])=C1.O=C1C=CC(=O)C(S(=O)(=O)[O-])=C1.[Ca+2]. The van der Waals surface area contributed by atoms with E-state index in [0.717, 1.165) is 24.3 Å². The van der Waals surface area contributed by atoms with E-state index >= 15 is 0 Å². The summed E-state index contributed by atoms with van der Waals surface area (Å²) in [5, 5.41) is 0. The van der Waals surface area contributed by atoms with Crippen molar-refractivity contribution in [3.05, 3.63) is 46.3 Å². The third kappa shape index (κ3) is 7.23. The first-order valence-corrected chi connectivity index (χ1v) is 8.52. The molecule has 0 saturated carbocycles. The largest absolute Gasteiger partial charge is 2.00 e. The summed E-state index contributed by atoms with van der Waals surface area (Å²) in [5.74, 6) is -3.26. The normalized spacial score (nSPS) is 17.2. The Morgan fingerprint density at radius 2 is 0.880 bits per heavy atom. The molecule has 0 bridgehead atoms. The van der Waals surface area contributed by atoms with Crippen LogP contribution >= 0.6 is 0 Å². The fraction of sp³-hybridized carbons (Fsp3) is 0. The Labute approximate surface area is 171 Å². The van der Waals surface area contributed by atoms with Crippen LogP contribution in [-0.2, 0) is 39.4 Å². The van der Waals surface area contributed by atoms with Gasteiger partial charge in [0.25, 0.3) is 0 Å². The van der Waals surface area contributed by atoms with Gasteiger partial charge in [-0.15, -0.1) is 0 Å². The third-order valence-electron chi connectivity index (χ3n) is 2.37. The zero-order chi connectivity index (χ0) is 18.7. The van der Waals surface area contributed by atoms with E-state index in [-0.39, 0.29) is 37.7 Å². The van der Waals surface area contributed by atoms with Crippen molar-refractivity contribution in [2.75, 3.05) is 0 Å². The van der Waals surface area contributed by atoms with E-state index in [1.807, 2.05) is 0 Å². The van der Waals surface area contributed by atoms with E-state index in [1.54, 1.807) is 0 Å². The maximum Gasteiger partial charge on any atom is 2.00 e. The van der Waals surface area contributed by atoms with Gasteiger partial charge < -0.3 is 9.11 Å². The molecule has 13 heteroatoms. The molecule has 0 aromatic heterocycles. The molecule has 0 aromatic carbocycles. The molecule has 0 saturated heterocycles. The monoisotopic (exact) mass is 414 g/mol. The predicted molar refractivity (Wildman–Crippen MR) is 79.6 cm³/mol. The molecule has 0 aliphatic heterocycles. The third-order valence-corrected chi connectivity index (χ3v) is 4.08. The van der Waals surface area contributed by atoms with Crippen molar-refractivity contribution in [1.29, 1.82) is 0 Å². The Hall–Kier alpha value is -1.28. The molecule has 128 valence electrons. The van der Waals surface area contributed by atoms with Crippen LogP contribution in [-0.4, -0.2) is 86.8 Å². The Kier molecular flexibility index (Phi) is 8.44. The standard InChI is InChI=1S/2C6H4O5S.Ca/c2*7-4-1-2-5(8)6(3-4)12(9,10)11;/h2*1-3H,(H,9,10,11);/q;;+2/p-2. The molecule has 0 unspecified atom stereocenters. The molecular weight excluding hydrogens is 408 g/mol. The van der Waals surface area contributed by atoms with Crippen molar-refractivity contribution in [1.82, 2.24) is 0 Å². The van der Waals surface area contributed by atoms with E-state index in [0.29, 0.717) is 12.2 Å². The van der Waals surface area contributed by atoms with Crippen molar-refractivity contribution < 1.29 is 45.1 Å².